The molecule has 1 rings (SSSR count). The van der Waals surface area contributed by atoms with Gasteiger partial charge in [-0.15, -0.1) is 0 Å². The van der Waals surface area contributed by atoms with Crippen molar-refractivity contribution < 1.29 is 4.79 Å². The van der Waals surface area contributed by atoms with E-state index in [9.17, 15) is 4.79 Å². The molecule has 0 bridgehead atoms. The van der Waals surface area contributed by atoms with Gasteiger partial charge < -0.3 is 0 Å². The summed E-state index contributed by atoms with van der Waals surface area (Å²) in [7, 11) is 0. The number of carbonyl (C=O) groups excluding carboxylic acids is 1. The summed E-state index contributed by atoms with van der Waals surface area (Å²) in [6, 6.07) is 7.11. The maximum absolute atomic E-state index is 9.58. The highest BCUT2D eigenvalue weighted by molar-refractivity contribution is 5.48. The molecule has 0 aliphatic rings. The lowest BCUT2D eigenvalue weighted by atomic mass is 10.5. The lowest BCUT2D eigenvalue weighted by Gasteiger charge is -1.82. The molecule has 2 heteroatoms. The Morgan fingerprint density at radius 1 is 1.75 bits per heavy atom. The van der Waals surface area contributed by atoms with E-state index in [0.29, 0.717) is 5.69 Å². The standard InChI is InChI=1S/C6H4NO/c8-5-7-6-3-1-2-4-6/h1-4H/q-1. The zero-order valence-electron chi connectivity index (χ0n) is 4.16. The van der Waals surface area contributed by atoms with Crippen LogP contribution in [0, 0.1) is 0 Å². The summed E-state index contributed by atoms with van der Waals surface area (Å²) in [6.07, 6.45) is 1.45. The van der Waals surface area contributed by atoms with E-state index in [1.54, 1.807) is 12.1 Å². The van der Waals surface area contributed by atoms with E-state index in [2.05, 4.69) is 4.99 Å². The molecule has 2 nitrogen and oxygen atoms in total. The Kier molecular flexibility index (Phi) is 1.31. The lowest BCUT2D eigenvalue weighted by Crippen LogP contribution is -1.47. The molecule has 0 heterocycles. The number of hydrogen-bond acceptors (Lipinski definition) is 2. The van der Waals surface area contributed by atoms with Crippen LogP contribution in [0.2, 0.25) is 0 Å². The van der Waals surface area contributed by atoms with Crippen molar-refractivity contribution >= 4 is 11.8 Å². The molecule has 0 radical (unpaired) electrons. The smallest absolute Gasteiger partial charge is 0.226 e. The Morgan fingerprint density at radius 2 is 2.62 bits per heavy atom. The minimum atomic E-state index is 0.667. The van der Waals surface area contributed by atoms with Crippen molar-refractivity contribution in [1.29, 1.82) is 0 Å². The average Bonchev–Trinajstić information content (AvgIpc) is 2.19. The summed E-state index contributed by atoms with van der Waals surface area (Å²) in [5.41, 5.74) is 0.667. The van der Waals surface area contributed by atoms with Gasteiger partial charge in [-0.2, -0.15) is 24.3 Å². The molecule has 0 saturated carbocycles. The van der Waals surface area contributed by atoms with Gasteiger partial charge in [0.15, 0.2) is 0 Å². The first-order chi connectivity index (χ1) is 3.93. The Labute approximate surface area is 46.8 Å². The molecular formula is C6H4NO-. The highest BCUT2D eigenvalue weighted by Crippen LogP contribution is 2.08. The van der Waals surface area contributed by atoms with E-state index in [4.69, 9.17) is 0 Å². The largest absolute Gasteiger partial charge is 0.247 e. The van der Waals surface area contributed by atoms with Crippen LogP contribution in [0.25, 0.3) is 0 Å². The van der Waals surface area contributed by atoms with Crippen LogP contribution in [0.3, 0.4) is 0 Å². The van der Waals surface area contributed by atoms with Crippen molar-refractivity contribution in [3.8, 4) is 0 Å². The van der Waals surface area contributed by atoms with Crippen molar-refractivity contribution in [2.45, 2.75) is 0 Å². The SMILES string of the molecule is O=C=Nc1cc[cH-]c1. The molecule has 0 amide bonds. The monoisotopic (exact) mass is 106 g/mol. The summed E-state index contributed by atoms with van der Waals surface area (Å²) in [6.45, 7) is 0. The van der Waals surface area contributed by atoms with Gasteiger partial charge in [-0.3, -0.25) is 0 Å². The van der Waals surface area contributed by atoms with Crippen LogP contribution in [0.1, 0.15) is 0 Å². The Hall–Kier alpha value is -1.27. The van der Waals surface area contributed by atoms with Crippen molar-refractivity contribution in [3.05, 3.63) is 24.3 Å². The predicted octanol–water partition coefficient (Wildman–Crippen LogP) is 1.37. The van der Waals surface area contributed by atoms with Crippen LogP contribution in [-0.2, 0) is 4.79 Å². The third-order valence-electron chi connectivity index (χ3n) is 0.820. The second-order valence-corrected chi connectivity index (χ2v) is 1.35. The summed E-state index contributed by atoms with van der Waals surface area (Å²) >= 11 is 0. The van der Waals surface area contributed by atoms with Gasteiger partial charge in [-0.25, -0.2) is 9.79 Å². The van der Waals surface area contributed by atoms with Crippen LogP contribution in [0.5, 0.6) is 0 Å². The molecule has 8 heavy (non-hydrogen) atoms. The average molecular weight is 106 g/mol. The summed E-state index contributed by atoms with van der Waals surface area (Å²) < 4.78 is 0. The van der Waals surface area contributed by atoms with Crippen LogP contribution < -0.4 is 0 Å². The van der Waals surface area contributed by atoms with E-state index in [1.807, 2.05) is 12.1 Å². The second kappa shape index (κ2) is 2.15. The molecule has 0 aliphatic carbocycles. The maximum Gasteiger partial charge on any atom is 0.226 e. The summed E-state index contributed by atoms with van der Waals surface area (Å²) in [5, 5.41) is 0. The normalized spacial score (nSPS) is 8.00. The van der Waals surface area contributed by atoms with Crippen LogP contribution >= 0.6 is 0 Å². The highest BCUT2D eigenvalue weighted by atomic mass is 16.1. The molecule has 0 aromatic heterocycles. The first kappa shape index (κ1) is 4.88. The minimum absolute atomic E-state index is 0.667. The van der Waals surface area contributed by atoms with Crippen molar-refractivity contribution in [1.82, 2.24) is 0 Å². The van der Waals surface area contributed by atoms with E-state index in [-0.39, 0.29) is 0 Å². The van der Waals surface area contributed by atoms with Gasteiger partial charge in [0.2, 0.25) is 6.08 Å². The third-order valence-corrected chi connectivity index (χ3v) is 0.820. The lowest BCUT2D eigenvalue weighted by molar-refractivity contribution is 0.565. The molecule has 0 saturated heterocycles. The molecule has 0 fully saturated rings. The topological polar surface area (TPSA) is 29.4 Å². The first-order valence-electron chi connectivity index (χ1n) is 2.23. The summed E-state index contributed by atoms with van der Waals surface area (Å²) in [5.74, 6) is 0. The van der Waals surface area contributed by atoms with Crippen LogP contribution in [0.15, 0.2) is 29.3 Å². The van der Waals surface area contributed by atoms with Crippen molar-refractivity contribution in [3.63, 3.8) is 0 Å². The highest BCUT2D eigenvalue weighted by Gasteiger charge is 1.69. The minimum Gasteiger partial charge on any atom is -0.247 e. The van der Waals surface area contributed by atoms with Gasteiger partial charge in [-0.05, 0) is 0 Å². The van der Waals surface area contributed by atoms with Gasteiger partial charge in [0.25, 0.3) is 0 Å². The fraction of sp³-hybridized carbons (Fsp3) is 0. The molecular weight excluding hydrogens is 102 g/mol. The van der Waals surface area contributed by atoms with E-state index >= 15 is 0 Å². The first-order valence-corrected chi connectivity index (χ1v) is 2.23. The zero-order chi connectivity index (χ0) is 5.82. The number of hydrogen-bond donors (Lipinski definition) is 0. The van der Waals surface area contributed by atoms with Crippen LogP contribution in [0.4, 0.5) is 5.69 Å². The summed E-state index contributed by atoms with van der Waals surface area (Å²) in [4.78, 5) is 12.9. The number of isocyanates is 1. The number of rotatable bonds is 1. The predicted molar refractivity (Wildman–Crippen MR) is 29.8 cm³/mol. The molecule has 0 atom stereocenters. The number of aliphatic imine (C=N–C) groups is 1. The van der Waals surface area contributed by atoms with Gasteiger partial charge in [0.05, 0.1) is 0 Å². The number of nitrogens with zero attached hydrogens (tertiary/aromatic N) is 1. The van der Waals surface area contributed by atoms with Crippen molar-refractivity contribution in [2.75, 3.05) is 0 Å². The molecule has 1 aromatic carbocycles. The van der Waals surface area contributed by atoms with E-state index in [1.165, 1.54) is 6.08 Å². The maximum atomic E-state index is 9.58. The zero-order valence-corrected chi connectivity index (χ0v) is 4.16. The Bertz CT molecular complexity index is 194. The van der Waals surface area contributed by atoms with Crippen molar-refractivity contribution in [2.24, 2.45) is 4.99 Å². The Balaban J connectivity index is 2.93. The Morgan fingerprint density at radius 3 is 3.12 bits per heavy atom. The fourth-order valence-electron chi connectivity index (χ4n) is 0.491. The fourth-order valence-corrected chi connectivity index (χ4v) is 0.491. The van der Waals surface area contributed by atoms with Crippen LogP contribution in [-0.4, -0.2) is 6.08 Å². The van der Waals surface area contributed by atoms with Gasteiger partial charge in [0, 0.05) is 0 Å². The molecule has 0 N–H and O–H groups in total. The van der Waals surface area contributed by atoms with E-state index < -0.39 is 0 Å². The third kappa shape index (κ3) is 0.863. The quantitative estimate of drug-likeness (QED) is 0.302. The second-order valence-electron chi connectivity index (χ2n) is 1.35. The molecule has 1 aromatic rings. The van der Waals surface area contributed by atoms with Gasteiger partial charge in [0.1, 0.15) is 0 Å². The van der Waals surface area contributed by atoms with Gasteiger partial charge >= 0.3 is 0 Å². The van der Waals surface area contributed by atoms with Gasteiger partial charge in [-0.1, -0.05) is 5.69 Å². The molecule has 40 valence electrons. The molecule has 0 spiro atoms. The van der Waals surface area contributed by atoms with E-state index in [0.717, 1.165) is 0 Å². The molecule has 0 aliphatic heterocycles. The molecule has 0 unspecified atom stereocenters.